The van der Waals surface area contributed by atoms with E-state index < -0.39 is 12.1 Å². The van der Waals surface area contributed by atoms with Crippen LogP contribution in [0.25, 0.3) is 0 Å². The van der Waals surface area contributed by atoms with Crippen molar-refractivity contribution in [3.63, 3.8) is 0 Å². The number of hydrogen-bond acceptors (Lipinski definition) is 4. The molecule has 4 rings (SSSR count). The lowest BCUT2D eigenvalue weighted by Crippen LogP contribution is -2.53. The van der Waals surface area contributed by atoms with E-state index in [1.165, 1.54) is 6.42 Å². The first kappa shape index (κ1) is 22.6. The van der Waals surface area contributed by atoms with Crippen molar-refractivity contribution in [3.8, 4) is 5.75 Å². The molecule has 174 valence electrons. The summed E-state index contributed by atoms with van der Waals surface area (Å²) in [6.45, 7) is 1.63. The number of carbonyl (C=O) groups is 3. The van der Waals surface area contributed by atoms with E-state index in [9.17, 15) is 14.4 Å². The van der Waals surface area contributed by atoms with E-state index in [2.05, 4.69) is 5.32 Å². The average Bonchev–Trinajstić information content (AvgIpc) is 3.52. The minimum absolute atomic E-state index is 0.0503. The van der Waals surface area contributed by atoms with Gasteiger partial charge < -0.3 is 19.9 Å². The van der Waals surface area contributed by atoms with E-state index in [-0.39, 0.29) is 23.6 Å². The van der Waals surface area contributed by atoms with E-state index >= 15 is 0 Å². The molecule has 3 fully saturated rings. The predicted octanol–water partition coefficient (Wildman–Crippen LogP) is 2.87. The number of rotatable bonds is 6. The molecule has 7 nitrogen and oxygen atoms in total. The molecule has 0 radical (unpaired) electrons. The highest BCUT2D eigenvalue weighted by molar-refractivity contribution is 5.93. The van der Waals surface area contributed by atoms with Crippen LogP contribution in [-0.2, 0) is 20.9 Å². The number of hydrogen-bond donors (Lipinski definition) is 1. The summed E-state index contributed by atoms with van der Waals surface area (Å²) in [5.41, 5.74) is 0.952. The summed E-state index contributed by atoms with van der Waals surface area (Å²) in [5, 5.41) is 2.98. The third kappa shape index (κ3) is 4.92. The zero-order valence-corrected chi connectivity index (χ0v) is 19.1. The Morgan fingerprint density at radius 1 is 0.906 bits per heavy atom. The summed E-state index contributed by atoms with van der Waals surface area (Å²) in [4.78, 5) is 43.1. The molecular formula is C25H35N3O4. The topological polar surface area (TPSA) is 79.0 Å². The number of likely N-dealkylation sites (tertiary alicyclic amines) is 2. The number of carbonyl (C=O) groups excluding carboxylic acids is 3. The van der Waals surface area contributed by atoms with Crippen LogP contribution in [0.3, 0.4) is 0 Å². The second-order valence-corrected chi connectivity index (χ2v) is 9.28. The van der Waals surface area contributed by atoms with E-state index in [0.717, 1.165) is 49.8 Å². The molecule has 1 N–H and O–H groups in total. The van der Waals surface area contributed by atoms with Gasteiger partial charge in [0.25, 0.3) is 0 Å². The van der Waals surface area contributed by atoms with E-state index in [1.54, 1.807) is 12.0 Å². The molecule has 2 heterocycles. The van der Waals surface area contributed by atoms with Gasteiger partial charge >= 0.3 is 0 Å². The van der Waals surface area contributed by atoms with Crippen LogP contribution in [0, 0.1) is 5.92 Å². The minimum Gasteiger partial charge on any atom is -0.497 e. The van der Waals surface area contributed by atoms with Gasteiger partial charge in [0.15, 0.2) is 0 Å². The fourth-order valence-corrected chi connectivity index (χ4v) is 5.46. The van der Waals surface area contributed by atoms with Gasteiger partial charge in [0.2, 0.25) is 17.7 Å². The average molecular weight is 442 g/mol. The summed E-state index contributed by atoms with van der Waals surface area (Å²) in [5.74, 6) is 0.794. The molecule has 2 atom stereocenters. The molecule has 0 spiro atoms. The maximum Gasteiger partial charge on any atom is 0.246 e. The molecule has 3 aliphatic rings. The second-order valence-electron chi connectivity index (χ2n) is 9.28. The van der Waals surface area contributed by atoms with Crippen molar-refractivity contribution >= 4 is 17.7 Å². The number of ether oxygens (including phenoxy) is 1. The van der Waals surface area contributed by atoms with Gasteiger partial charge in [-0.1, -0.05) is 31.4 Å². The first-order valence-electron chi connectivity index (χ1n) is 12.1. The van der Waals surface area contributed by atoms with Crippen LogP contribution < -0.4 is 10.1 Å². The Hall–Kier alpha value is -2.57. The standard InChI is InChI=1S/C25H35N3O4/c1-32-20-11-5-8-18(16-20)17-26-23(29)21-12-6-14-27(21)25(31)22-13-7-15-28(22)24(30)19-9-3-2-4-10-19/h5,8,11,16,19,21-22H,2-4,6-7,9-10,12-15,17H2,1H3,(H,26,29)/t21-,22-/m1/s1. The van der Waals surface area contributed by atoms with E-state index in [0.29, 0.717) is 32.5 Å². The Kier molecular flexibility index (Phi) is 7.33. The van der Waals surface area contributed by atoms with Crippen LogP contribution >= 0.6 is 0 Å². The van der Waals surface area contributed by atoms with Gasteiger partial charge in [0, 0.05) is 25.6 Å². The molecule has 1 aromatic rings. The number of nitrogens with one attached hydrogen (secondary N) is 1. The maximum atomic E-state index is 13.5. The van der Waals surface area contributed by atoms with Crippen molar-refractivity contribution in [1.29, 1.82) is 0 Å². The summed E-state index contributed by atoms with van der Waals surface area (Å²) in [6, 6.07) is 6.73. The summed E-state index contributed by atoms with van der Waals surface area (Å²) in [7, 11) is 1.62. The molecule has 2 saturated heterocycles. The highest BCUT2D eigenvalue weighted by Gasteiger charge is 2.43. The molecule has 0 unspecified atom stereocenters. The Balaban J connectivity index is 1.37. The van der Waals surface area contributed by atoms with Crippen LogP contribution in [0.2, 0.25) is 0 Å². The summed E-state index contributed by atoms with van der Waals surface area (Å²) in [6.07, 6.45) is 8.32. The molecule has 7 heteroatoms. The number of amides is 3. The molecule has 32 heavy (non-hydrogen) atoms. The lowest BCUT2D eigenvalue weighted by Gasteiger charge is -2.33. The van der Waals surface area contributed by atoms with E-state index in [1.807, 2.05) is 29.2 Å². The Morgan fingerprint density at radius 2 is 1.59 bits per heavy atom. The van der Waals surface area contributed by atoms with Crippen LogP contribution in [0.4, 0.5) is 0 Å². The molecule has 3 amide bonds. The van der Waals surface area contributed by atoms with Crippen molar-refractivity contribution in [2.75, 3.05) is 20.2 Å². The zero-order chi connectivity index (χ0) is 22.5. The third-order valence-corrected chi connectivity index (χ3v) is 7.21. The van der Waals surface area contributed by atoms with Gasteiger partial charge in [-0.3, -0.25) is 14.4 Å². The molecule has 0 aromatic heterocycles. The highest BCUT2D eigenvalue weighted by Crippen LogP contribution is 2.30. The van der Waals surface area contributed by atoms with Crippen molar-refractivity contribution < 1.29 is 19.1 Å². The van der Waals surface area contributed by atoms with Gasteiger partial charge in [-0.25, -0.2) is 0 Å². The Morgan fingerprint density at radius 3 is 2.31 bits per heavy atom. The minimum atomic E-state index is -0.458. The quantitative estimate of drug-likeness (QED) is 0.736. The second kappa shape index (κ2) is 10.4. The summed E-state index contributed by atoms with van der Waals surface area (Å²) >= 11 is 0. The lowest BCUT2D eigenvalue weighted by atomic mass is 9.88. The van der Waals surface area contributed by atoms with Crippen LogP contribution in [0.1, 0.15) is 63.4 Å². The largest absolute Gasteiger partial charge is 0.497 e. The normalized spacial score (nSPS) is 23.9. The molecule has 1 aromatic carbocycles. The van der Waals surface area contributed by atoms with Crippen molar-refractivity contribution in [2.45, 2.75) is 76.4 Å². The fourth-order valence-electron chi connectivity index (χ4n) is 5.46. The van der Waals surface area contributed by atoms with Crippen molar-refractivity contribution in [1.82, 2.24) is 15.1 Å². The van der Waals surface area contributed by atoms with Crippen LogP contribution in [-0.4, -0.2) is 59.8 Å². The number of nitrogens with zero attached hydrogens (tertiary/aromatic N) is 2. The Bertz CT molecular complexity index is 836. The summed E-state index contributed by atoms with van der Waals surface area (Å²) < 4.78 is 5.24. The van der Waals surface area contributed by atoms with Crippen LogP contribution in [0.15, 0.2) is 24.3 Å². The van der Waals surface area contributed by atoms with Crippen molar-refractivity contribution in [2.24, 2.45) is 5.92 Å². The maximum absolute atomic E-state index is 13.5. The molecular weight excluding hydrogens is 406 g/mol. The highest BCUT2D eigenvalue weighted by atomic mass is 16.5. The SMILES string of the molecule is COc1cccc(CNC(=O)[C@H]2CCCN2C(=O)[C@H]2CCCN2C(=O)C2CCCCC2)c1. The van der Waals surface area contributed by atoms with Gasteiger partial charge in [-0.15, -0.1) is 0 Å². The molecule has 0 bridgehead atoms. The predicted molar refractivity (Wildman–Crippen MR) is 121 cm³/mol. The lowest BCUT2D eigenvalue weighted by molar-refractivity contribution is -0.148. The smallest absolute Gasteiger partial charge is 0.246 e. The van der Waals surface area contributed by atoms with Gasteiger partial charge in [-0.2, -0.15) is 0 Å². The molecule has 1 aliphatic carbocycles. The Labute approximate surface area is 190 Å². The first-order valence-corrected chi connectivity index (χ1v) is 12.1. The first-order chi connectivity index (χ1) is 15.6. The van der Waals surface area contributed by atoms with Gasteiger partial charge in [0.1, 0.15) is 17.8 Å². The van der Waals surface area contributed by atoms with Gasteiger partial charge in [0.05, 0.1) is 7.11 Å². The third-order valence-electron chi connectivity index (χ3n) is 7.21. The monoisotopic (exact) mass is 441 g/mol. The van der Waals surface area contributed by atoms with Gasteiger partial charge in [-0.05, 0) is 56.2 Å². The van der Waals surface area contributed by atoms with Crippen molar-refractivity contribution in [3.05, 3.63) is 29.8 Å². The van der Waals surface area contributed by atoms with E-state index in [4.69, 9.17) is 4.74 Å². The molecule has 1 saturated carbocycles. The molecule has 2 aliphatic heterocycles. The fraction of sp³-hybridized carbons (Fsp3) is 0.640. The van der Waals surface area contributed by atoms with Crippen LogP contribution in [0.5, 0.6) is 5.75 Å². The zero-order valence-electron chi connectivity index (χ0n) is 19.1. The number of benzene rings is 1. The number of methoxy groups -OCH3 is 1.